The van der Waals surface area contributed by atoms with Crippen LogP contribution in [0.5, 0.6) is 0 Å². The number of esters is 1. The van der Waals surface area contributed by atoms with Crippen molar-refractivity contribution in [1.29, 1.82) is 0 Å². The Kier molecular flexibility index (Phi) is 2.58. The van der Waals surface area contributed by atoms with Crippen molar-refractivity contribution in [3.63, 3.8) is 0 Å². The van der Waals surface area contributed by atoms with Gasteiger partial charge in [-0.3, -0.25) is 0 Å². The Morgan fingerprint density at radius 1 is 1.47 bits per heavy atom. The number of imidazole rings is 1. The highest BCUT2D eigenvalue weighted by Crippen LogP contribution is 2.29. The maximum atomic E-state index is 12.0. The van der Waals surface area contributed by atoms with Crippen molar-refractivity contribution in [2.45, 2.75) is 25.9 Å². The SMILES string of the molecule is CC1CC(OC(=O)c2ncn3c(=O)n(C)nnc23)C1. The lowest BCUT2D eigenvalue weighted by Crippen LogP contribution is -2.32. The fourth-order valence-corrected chi connectivity index (χ4v) is 2.16. The van der Waals surface area contributed by atoms with E-state index in [4.69, 9.17) is 4.74 Å². The van der Waals surface area contributed by atoms with Gasteiger partial charge >= 0.3 is 11.7 Å². The molecule has 8 heteroatoms. The Bertz CT molecular complexity index is 698. The normalized spacial score (nSPS) is 22.2. The van der Waals surface area contributed by atoms with Gasteiger partial charge in [0.05, 0.1) is 0 Å². The minimum absolute atomic E-state index is 0.0322. The Morgan fingerprint density at radius 2 is 2.21 bits per heavy atom. The summed E-state index contributed by atoms with van der Waals surface area (Å²) in [6.07, 6.45) is 2.93. The lowest BCUT2D eigenvalue weighted by molar-refractivity contribution is -0.00768. The van der Waals surface area contributed by atoms with E-state index in [1.54, 1.807) is 0 Å². The fraction of sp³-hybridized carbons (Fsp3) is 0.545. The lowest BCUT2D eigenvalue weighted by Gasteiger charge is -2.31. The number of aryl methyl sites for hydroxylation is 1. The summed E-state index contributed by atoms with van der Waals surface area (Å²) >= 11 is 0. The van der Waals surface area contributed by atoms with Crippen molar-refractivity contribution in [2.24, 2.45) is 13.0 Å². The molecule has 2 aromatic heterocycles. The summed E-state index contributed by atoms with van der Waals surface area (Å²) in [6.45, 7) is 2.10. The van der Waals surface area contributed by atoms with Crippen molar-refractivity contribution >= 4 is 11.6 Å². The predicted molar refractivity (Wildman–Crippen MR) is 63.6 cm³/mol. The first-order valence-corrected chi connectivity index (χ1v) is 6.04. The largest absolute Gasteiger partial charge is 0.458 e. The van der Waals surface area contributed by atoms with Crippen LogP contribution in [0, 0.1) is 5.92 Å². The quantitative estimate of drug-likeness (QED) is 0.695. The maximum absolute atomic E-state index is 12.0. The van der Waals surface area contributed by atoms with Gasteiger partial charge in [0.1, 0.15) is 12.4 Å². The molecule has 0 bridgehead atoms. The van der Waals surface area contributed by atoms with E-state index in [-0.39, 0.29) is 17.4 Å². The van der Waals surface area contributed by atoms with Crippen LogP contribution in [0.15, 0.2) is 11.1 Å². The highest BCUT2D eigenvalue weighted by molar-refractivity contribution is 5.93. The van der Waals surface area contributed by atoms with E-state index in [2.05, 4.69) is 22.2 Å². The van der Waals surface area contributed by atoms with Gasteiger partial charge in [-0.2, -0.15) is 4.68 Å². The Labute approximate surface area is 108 Å². The van der Waals surface area contributed by atoms with Crippen LogP contribution in [-0.2, 0) is 11.8 Å². The topological polar surface area (TPSA) is 91.4 Å². The molecule has 0 saturated heterocycles. The summed E-state index contributed by atoms with van der Waals surface area (Å²) < 4.78 is 7.53. The third kappa shape index (κ3) is 1.88. The highest BCUT2D eigenvalue weighted by atomic mass is 16.5. The van der Waals surface area contributed by atoms with E-state index >= 15 is 0 Å². The second-order valence-electron chi connectivity index (χ2n) is 4.89. The van der Waals surface area contributed by atoms with Crippen molar-refractivity contribution in [1.82, 2.24) is 24.4 Å². The molecule has 3 rings (SSSR count). The summed E-state index contributed by atoms with van der Waals surface area (Å²) in [5.74, 6) is 0.0329. The molecule has 0 unspecified atom stereocenters. The molecule has 2 aromatic rings. The molecular formula is C11H13N5O3. The molecule has 1 fully saturated rings. The number of rotatable bonds is 2. The van der Waals surface area contributed by atoms with Crippen molar-refractivity contribution in [3.8, 4) is 0 Å². The number of fused-ring (bicyclic) bond motifs is 1. The average molecular weight is 263 g/mol. The summed E-state index contributed by atoms with van der Waals surface area (Å²) in [5, 5.41) is 7.43. The minimum atomic E-state index is -0.554. The first-order chi connectivity index (χ1) is 9.06. The first kappa shape index (κ1) is 11.8. The summed E-state index contributed by atoms with van der Waals surface area (Å²) in [6, 6.07) is 0. The smallest absolute Gasteiger partial charge is 0.361 e. The standard InChI is InChI=1S/C11H13N5O3/c1-6-3-7(4-6)19-10(17)8-9-13-14-15(2)11(18)16(9)5-12-8/h5-7H,3-4H2,1-2H3. The Hall–Kier alpha value is -2.25. The van der Waals surface area contributed by atoms with Crippen LogP contribution in [0.25, 0.3) is 5.65 Å². The summed E-state index contributed by atoms with van der Waals surface area (Å²) in [4.78, 5) is 27.6. The van der Waals surface area contributed by atoms with Gasteiger partial charge in [-0.1, -0.05) is 12.1 Å². The zero-order valence-electron chi connectivity index (χ0n) is 10.6. The second kappa shape index (κ2) is 4.15. The van der Waals surface area contributed by atoms with Gasteiger partial charge in [-0.15, -0.1) is 5.10 Å². The van der Waals surface area contributed by atoms with Gasteiger partial charge in [-0.25, -0.2) is 19.0 Å². The molecular weight excluding hydrogens is 250 g/mol. The van der Waals surface area contributed by atoms with E-state index in [0.29, 0.717) is 5.92 Å². The molecule has 1 saturated carbocycles. The predicted octanol–water partition coefficient (Wildman–Crippen LogP) is -0.222. The minimum Gasteiger partial charge on any atom is -0.458 e. The molecule has 8 nitrogen and oxygen atoms in total. The molecule has 0 spiro atoms. The first-order valence-electron chi connectivity index (χ1n) is 6.04. The van der Waals surface area contributed by atoms with Gasteiger partial charge in [0, 0.05) is 7.05 Å². The van der Waals surface area contributed by atoms with E-state index in [0.717, 1.165) is 17.5 Å². The zero-order chi connectivity index (χ0) is 13.6. The number of carbonyl (C=O) groups excluding carboxylic acids is 1. The van der Waals surface area contributed by atoms with Crippen molar-refractivity contribution in [3.05, 3.63) is 22.5 Å². The average Bonchev–Trinajstić information content (AvgIpc) is 2.76. The number of aromatic nitrogens is 5. The van der Waals surface area contributed by atoms with Gasteiger partial charge in [0.25, 0.3) is 0 Å². The number of ether oxygens (including phenoxy) is 1. The second-order valence-corrected chi connectivity index (χ2v) is 4.89. The number of nitrogens with zero attached hydrogens (tertiary/aromatic N) is 5. The van der Waals surface area contributed by atoms with Gasteiger partial charge in [0.15, 0.2) is 11.3 Å². The monoisotopic (exact) mass is 263 g/mol. The van der Waals surface area contributed by atoms with Gasteiger partial charge < -0.3 is 4.74 Å². The molecule has 0 atom stereocenters. The fourth-order valence-electron chi connectivity index (χ4n) is 2.16. The van der Waals surface area contributed by atoms with E-state index in [9.17, 15) is 9.59 Å². The summed E-state index contributed by atoms with van der Waals surface area (Å²) in [5.41, 5.74) is -0.251. The zero-order valence-corrected chi connectivity index (χ0v) is 10.6. The number of hydrogen-bond donors (Lipinski definition) is 0. The van der Waals surface area contributed by atoms with Gasteiger partial charge in [0.2, 0.25) is 0 Å². The molecule has 0 N–H and O–H groups in total. The number of carbonyl (C=O) groups is 1. The number of hydrogen-bond acceptors (Lipinski definition) is 6. The molecule has 0 aromatic carbocycles. The Morgan fingerprint density at radius 3 is 2.89 bits per heavy atom. The van der Waals surface area contributed by atoms with Crippen LogP contribution < -0.4 is 5.69 Å². The van der Waals surface area contributed by atoms with Gasteiger partial charge in [-0.05, 0) is 18.8 Å². The molecule has 0 radical (unpaired) electrons. The van der Waals surface area contributed by atoms with Crippen LogP contribution in [0.4, 0.5) is 0 Å². The van der Waals surface area contributed by atoms with Crippen LogP contribution >= 0.6 is 0 Å². The molecule has 19 heavy (non-hydrogen) atoms. The van der Waals surface area contributed by atoms with Crippen molar-refractivity contribution < 1.29 is 9.53 Å². The highest BCUT2D eigenvalue weighted by Gasteiger charge is 2.30. The van der Waals surface area contributed by atoms with Crippen LogP contribution in [0.2, 0.25) is 0 Å². The third-order valence-corrected chi connectivity index (χ3v) is 3.30. The molecule has 0 amide bonds. The van der Waals surface area contributed by atoms with Crippen LogP contribution in [-0.4, -0.2) is 36.5 Å². The third-order valence-electron chi connectivity index (χ3n) is 3.30. The molecule has 2 heterocycles. The van der Waals surface area contributed by atoms with E-state index in [1.807, 2.05) is 0 Å². The molecule has 0 aliphatic heterocycles. The van der Waals surface area contributed by atoms with E-state index in [1.165, 1.54) is 17.8 Å². The lowest BCUT2D eigenvalue weighted by atomic mass is 9.84. The van der Waals surface area contributed by atoms with Crippen molar-refractivity contribution in [2.75, 3.05) is 0 Å². The van der Waals surface area contributed by atoms with Crippen LogP contribution in [0.1, 0.15) is 30.3 Å². The molecule has 1 aliphatic rings. The molecule has 100 valence electrons. The van der Waals surface area contributed by atoms with E-state index < -0.39 is 11.7 Å². The van der Waals surface area contributed by atoms with Crippen LogP contribution in [0.3, 0.4) is 0 Å². The Balaban J connectivity index is 1.91. The molecule has 1 aliphatic carbocycles. The maximum Gasteiger partial charge on any atom is 0.361 e. The summed E-state index contributed by atoms with van der Waals surface area (Å²) in [7, 11) is 1.47.